The fraction of sp³-hybridized carbons (Fsp3) is 0.136. The van der Waals surface area contributed by atoms with Gasteiger partial charge in [0.1, 0.15) is 23.4 Å². The van der Waals surface area contributed by atoms with E-state index in [1.54, 1.807) is 0 Å². The largest absolute Gasteiger partial charge is 0.508 e. The van der Waals surface area contributed by atoms with Crippen LogP contribution in [0.3, 0.4) is 0 Å². The number of hydrogen-bond acceptors (Lipinski definition) is 10. The number of rotatable bonds is 3. The maximum Gasteiger partial charge on any atom is 0.343 e. The van der Waals surface area contributed by atoms with Crippen molar-refractivity contribution in [2.45, 2.75) is 18.6 Å². The summed E-state index contributed by atoms with van der Waals surface area (Å²) < 4.78 is 11.1. The Morgan fingerprint density at radius 2 is 1.56 bits per heavy atom. The van der Waals surface area contributed by atoms with Gasteiger partial charge in [0.2, 0.25) is 0 Å². The Labute approximate surface area is 180 Å². The third kappa shape index (κ3) is 3.74. The lowest BCUT2D eigenvalue weighted by Gasteiger charge is -2.32. The summed E-state index contributed by atoms with van der Waals surface area (Å²) in [6.45, 7) is 0. The van der Waals surface area contributed by atoms with Crippen molar-refractivity contribution >= 4 is 5.97 Å². The van der Waals surface area contributed by atoms with Crippen LogP contribution in [0.2, 0.25) is 0 Å². The van der Waals surface area contributed by atoms with Crippen LogP contribution in [0.25, 0.3) is 0 Å². The Kier molecular flexibility index (Phi) is 5.07. The third-order valence-electron chi connectivity index (χ3n) is 5.01. The Morgan fingerprint density at radius 3 is 2.22 bits per heavy atom. The molecule has 0 bridgehead atoms. The molecule has 0 aromatic heterocycles. The molecule has 10 heteroatoms. The monoisotopic (exact) mass is 442 g/mol. The van der Waals surface area contributed by atoms with E-state index in [-0.39, 0.29) is 40.5 Å². The zero-order valence-electron chi connectivity index (χ0n) is 16.3. The van der Waals surface area contributed by atoms with Crippen LogP contribution in [0.5, 0.6) is 46.0 Å². The lowest BCUT2D eigenvalue weighted by molar-refractivity contribution is 0.0194. The molecule has 0 spiro atoms. The lowest BCUT2D eigenvalue weighted by atomic mass is 9.94. The predicted octanol–water partition coefficient (Wildman–Crippen LogP) is 2.18. The van der Waals surface area contributed by atoms with Crippen LogP contribution in [0.4, 0.5) is 0 Å². The van der Waals surface area contributed by atoms with Crippen LogP contribution < -0.4 is 9.47 Å². The molecule has 3 aromatic rings. The SMILES string of the molecule is O=C(Oc1cc(O)cc2c1C[C@@H](O)[C@@H](c1ccc(O)c(O)c1)O2)c1cc(O)c(O)c(O)c1. The molecular formula is C22H18O10. The highest BCUT2D eigenvalue weighted by atomic mass is 16.5. The second kappa shape index (κ2) is 7.75. The van der Waals surface area contributed by atoms with Crippen LogP contribution in [-0.4, -0.2) is 47.8 Å². The third-order valence-corrected chi connectivity index (χ3v) is 5.01. The number of benzene rings is 3. The number of aromatic hydroxyl groups is 6. The van der Waals surface area contributed by atoms with E-state index in [0.717, 1.165) is 18.2 Å². The average Bonchev–Trinajstić information content (AvgIpc) is 2.73. The number of ether oxygens (including phenoxy) is 2. The number of carbonyl (C=O) groups is 1. The molecular weight excluding hydrogens is 424 g/mol. The van der Waals surface area contributed by atoms with Crippen molar-refractivity contribution in [2.24, 2.45) is 0 Å². The van der Waals surface area contributed by atoms with Gasteiger partial charge in [0.15, 0.2) is 28.7 Å². The fourth-order valence-corrected chi connectivity index (χ4v) is 3.42. The van der Waals surface area contributed by atoms with Crippen LogP contribution in [-0.2, 0) is 6.42 Å². The summed E-state index contributed by atoms with van der Waals surface area (Å²) >= 11 is 0. The first-order valence-electron chi connectivity index (χ1n) is 9.33. The van der Waals surface area contributed by atoms with Gasteiger partial charge >= 0.3 is 5.97 Å². The Morgan fingerprint density at radius 1 is 0.875 bits per heavy atom. The highest BCUT2D eigenvalue weighted by Crippen LogP contribution is 2.44. The van der Waals surface area contributed by atoms with Gasteiger partial charge in [0, 0.05) is 24.1 Å². The summed E-state index contributed by atoms with van der Waals surface area (Å²) in [4.78, 5) is 12.5. The van der Waals surface area contributed by atoms with E-state index >= 15 is 0 Å². The molecule has 3 aromatic carbocycles. The summed E-state index contributed by atoms with van der Waals surface area (Å²) in [6, 6.07) is 8.14. The van der Waals surface area contributed by atoms with Crippen molar-refractivity contribution in [3.63, 3.8) is 0 Å². The molecule has 1 aliphatic heterocycles. The smallest absolute Gasteiger partial charge is 0.343 e. The van der Waals surface area contributed by atoms with E-state index in [4.69, 9.17) is 9.47 Å². The van der Waals surface area contributed by atoms with Gasteiger partial charge in [-0.15, -0.1) is 0 Å². The molecule has 1 heterocycles. The molecule has 0 aliphatic carbocycles. The molecule has 0 fully saturated rings. The van der Waals surface area contributed by atoms with Crippen LogP contribution in [0.1, 0.15) is 27.6 Å². The molecule has 1 aliphatic rings. The second-order valence-electron chi connectivity index (χ2n) is 7.23. The lowest BCUT2D eigenvalue weighted by Crippen LogP contribution is -2.30. The van der Waals surface area contributed by atoms with Crippen molar-refractivity contribution in [3.8, 4) is 46.0 Å². The summed E-state index contributed by atoms with van der Waals surface area (Å²) in [5.41, 5.74) is 0.370. The molecule has 0 unspecified atom stereocenters. The number of aliphatic hydroxyl groups is 1. The number of hydrogen-bond donors (Lipinski definition) is 7. The van der Waals surface area contributed by atoms with Crippen molar-refractivity contribution in [1.29, 1.82) is 0 Å². The van der Waals surface area contributed by atoms with E-state index in [0.29, 0.717) is 5.56 Å². The highest BCUT2D eigenvalue weighted by Gasteiger charge is 2.33. The van der Waals surface area contributed by atoms with Crippen LogP contribution in [0, 0.1) is 0 Å². The zero-order chi connectivity index (χ0) is 23.2. The molecule has 0 saturated heterocycles. The van der Waals surface area contributed by atoms with Gasteiger partial charge in [0.05, 0.1) is 11.7 Å². The average molecular weight is 442 g/mol. The van der Waals surface area contributed by atoms with Gasteiger partial charge in [-0.05, 0) is 29.8 Å². The van der Waals surface area contributed by atoms with Crippen molar-refractivity contribution in [1.82, 2.24) is 0 Å². The number of esters is 1. The van der Waals surface area contributed by atoms with Gasteiger partial charge in [0.25, 0.3) is 0 Å². The Bertz CT molecular complexity index is 1200. The molecule has 166 valence electrons. The molecule has 32 heavy (non-hydrogen) atoms. The van der Waals surface area contributed by atoms with Crippen LogP contribution >= 0.6 is 0 Å². The minimum Gasteiger partial charge on any atom is -0.508 e. The first kappa shape index (κ1) is 20.9. The summed E-state index contributed by atoms with van der Waals surface area (Å²) in [5, 5.41) is 68.5. The van der Waals surface area contributed by atoms with E-state index < -0.39 is 41.2 Å². The molecule has 0 amide bonds. The zero-order valence-corrected chi connectivity index (χ0v) is 16.3. The van der Waals surface area contributed by atoms with Crippen molar-refractivity contribution in [3.05, 3.63) is 59.2 Å². The van der Waals surface area contributed by atoms with Gasteiger partial charge in [-0.25, -0.2) is 4.79 Å². The number of aliphatic hydroxyl groups excluding tert-OH is 1. The highest BCUT2D eigenvalue weighted by molar-refractivity contribution is 5.93. The van der Waals surface area contributed by atoms with Gasteiger partial charge in [-0.1, -0.05) is 6.07 Å². The maximum absolute atomic E-state index is 12.5. The van der Waals surface area contributed by atoms with Crippen molar-refractivity contribution < 1.29 is 50.0 Å². The number of phenolic OH excluding ortho intramolecular Hbond substituents is 6. The molecule has 10 nitrogen and oxygen atoms in total. The number of carbonyl (C=O) groups excluding carboxylic acids is 1. The second-order valence-corrected chi connectivity index (χ2v) is 7.23. The first-order valence-corrected chi connectivity index (χ1v) is 9.33. The van der Waals surface area contributed by atoms with Crippen molar-refractivity contribution in [2.75, 3.05) is 0 Å². The quantitative estimate of drug-likeness (QED) is 0.181. The molecule has 2 atom stereocenters. The minimum atomic E-state index is -1.13. The van der Waals surface area contributed by atoms with Crippen LogP contribution in [0.15, 0.2) is 42.5 Å². The number of fused-ring (bicyclic) bond motifs is 1. The topological polar surface area (TPSA) is 177 Å². The minimum absolute atomic E-state index is 0.0450. The van der Waals surface area contributed by atoms with E-state index in [2.05, 4.69) is 0 Å². The van der Waals surface area contributed by atoms with E-state index in [1.807, 2.05) is 0 Å². The fourth-order valence-electron chi connectivity index (χ4n) is 3.42. The number of phenols is 6. The summed E-state index contributed by atoms with van der Waals surface area (Å²) in [6.07, 6.45) is -2.11. The van der Waals surface area contributed by atoms with E-state index in [9.17, 15) is 40.5 Å². The van der Waals surface area contributed by atoms with E-state index in [1.165, 1.54) is 24.3 Å². The summed E-state index contributed by atoms with van der Waals surface area (Å²) in [5.74, 6) is -4.29. The Balaban J connectivity index is 1.65. The predicted molar refractivity (Wildman–Crippen MR) is 107 cm³/mol. The maximum atomic E-state index is 12.5. The molecule has 0 saturated carbocycles. The summed E-state index contributed by atoms with van der Waals surface area (Å²) in [7, 11) is 0. The standard InChI is InChI=1S/C22H18O10/c23-11-6-18-12(8-17(28)21(31-18)9-1-2-13(24)14(25)3-9)19(7-11)32-22(30)10-4-15(26)20(29)16(27)5-10/h1-7,17,21,23-29H,8H2/t17-,21-/m1/s1. The molecule has 7 N–H and O–H groups in total. The first-order chi connectivity index (χ1) is 15.1. The molecule has 4 rings (SSSR count). The molecule has 0 radical (unpaired) electrons. The van der Waals surface area contributed by atoms with Gasteiger partial charge < -0.3 is 45.2 Å². The van der Waals surface area contributed by atoms with Gasteiger partial charge in [-0.2, -0.15) is 0 Å². The Hall–Kier alpha value is -4.31. The van der Waals surface area contributed by atoms with Gasteiger partial charge in [-0.3, -0.25) is 0 Å². The normalized spacial score (nSPS) is 17.3.